The first kappa shape index (κ1) is 17.3. The van der Waals surface area contributed by atoms with Crippen molar-refractivity contribution in [1.29, 1.82) is 0 Å². The first-order valence-electron chi connectivity index (χ1n) is 6.37. The summed E-state index contributed by atoms with van der Waals surface area (Å²) in [5.41, 5.74) is -0.516. The van der Waals surface area contributed by atoms with Gasteiger partial charge in [0.15, 0.2) is 4.90 Å². The van der Waals surface area contributed by atoms with Gasteiger partial charge >= 0.3 is 0 Å². The van der Waals surface area contributed by atoms with Crippen LogP contribution < -0.4 is 14.8 Å². The number of nitrogens with one attached hydrogen (secondary N) is 2. The second-order valence-electron chi connectivity index (χ2n) is 4.40. The van der Waals surface area contributed by atoms with E-state index >= 15 is 0 Å². The van der Waals surface area contributed by atoms with E-state index in [1.54, 1.807) is 0 Å². The molecule has 1 rings (SSSR count). The summed E-state index contributed by atoms with van der Waals surface area (Å²) < 4.78 is 31.6. The summed E-state index contributed by atoms with van der Waals surface area (Å²) in [5, 5.41) is 14.1. The van der Waals surface area contributed by atoms with E-state index < -0.39 is 20.6 Å². The molecule has 1 atom stereocenters. The number of ether oxygens (including phenoxy) is 1. The monoisotopic (exact) mass is 317 g/mol. The molecular formula is C12H19N3O5S. The number of benzene rings is 1. The summed E-state index contributed by atoms with van der Waals surface area (Å²) >= 11 is 0. The number of sulfonamides is 1. The van der Waals surface area contributed by atoms with Crippen LogP contribution >= 0.6 is 0 Å². The number of hydrogen-bond acceptors (Lipinski definition) is 6. The molecule has 0 aliphatic carbocycles. The molecule has 0 radical (unpaired) electrons. The third-order valence-corrected chi connectivity index (χ3v) is 4.26. The lowest BCUT2D eigenvalue weighted by Gasteiger charge is -2.13. The van der Waals surface area contributed by atoms with E-state index in [1.807, 2.05) is 13.8 Å². The molecule has 2 N–H and O–H groups in total. The molecule has 0 aliphatic rings. The van der Waals surface area contributed by atoms with Gasteiger partial charge in [-0.1, -0.05) is 6.92 Å². The van der Waals surface area contributed by atoms with Crippen molar-refractivity contribution in [2.24, 2.45) is 0 Å². The molecule has 21 heavy (non-hydrogen) atoms. The van der Waals surface area contributed by atoms with E-state index in [1.165, 1.54) is 13.2 Å². The van der Waals surface area contributed by atoms with Crippen LogP contribution in [-0.2, 0) is 10.0 Å². The van der Waals surface area contributed by atoms with Gasteiger partial charge < -0.3 is 10.1 Å². The molecule has 0 heterocycles. The second-order valence-corrected chi connectivity index (χ2v) is 6.14. The lowest BCUT2D eigenvalue weighted by atomic mass is 10.3. The molecule has 0 saturated carbocycles. The first-order chi connectivity index (χ1) is 9.81. The van der Waals surface area contributed by atoms with Crippen LogP contribution in [0.4, 0.5) is 5.69 Å². The number of likely N-dealkylation sites (N-methyl/N-ethyl adjacent to an activating group) is 1. The maximum Gasteiger partial charge on any atom is 0.293 e. The molecule has 8 nitrogen and oxygen atoms in total. The van der Waals surface area contributed by atoms with Gasteiger partial charge in [-0.3, -0.25) is 10.1 Å². The molecule has 0 aliphatic heterocycles. The molecule has 0 unspecified atom stereocenters. The Hall–Kier alpha value is -1.71. The Morgan fingerprint density at radius 3 is 2.62 bits per heavy atom. The van der Waals surface area contributed by atoms with Crippen LogP contribution in [0.3, 0.4) is 0 Å². The van der Waals surface area contributed by atoms with Gasteiger partial charge in [0, 0.05) is 12.6 Å². The highest BCUT2D eigenvalue weighted by Gasteiger charge is 2.26. The van der Waals surface area contributed by atoms with Gasteiger partial charge in [0.2, 0.25) is 10.0 Å². The first-order valence-corrected chi connectivity index (χ1v) is 7.85. The number of nitrogens with zero attached hydrogens (tertiary/aromatic N) is 1. The van der Waals surface area contributed by atoms with Crippen LogP contribution in [0.5, 0.6) is 5.75 Å². The van der Waals surface area contributed by atoms with Crippen LogP contribution in [-0.4, -0.2) is 39.6 Å². The van der Waals surface area contributed by atoms with Gasteiger partial charge in [-0.15, -0.1) is 0 Å². The summed E-state index contributed by atoms with van der Waals surface area (Å²) in [5.74, 6) is 0.224. The maximum absolute atomic E-state index is 12.2. The Bertz CT molecular complexity index is 603. The van der Waals surface area contributed by atoms with Crippen molar-refractivity contribution < 1.29 is 18.1 Å². The molecule has 1 aromatic carbocycles. The Morgan fingerprint density at radius 1 is 1.43 bits per heavy atom. The third kappa shape index (κ3) is 4.66. The highest BCUT2D eigenvalue weighted by Crippen LogP contribution is 2.28. The van der Waals surface area contributed by atoms with Gasteiger partial charge in [0.05, 0.1) is 18.1 Å². The van der Waals surface area contributed by atoms with Crippen LogP contribution in [0.15, 0.2) is 23.1 Å². The summed E-state index contributed by atoms with van der Waals surface area (Å²) in [6.07, 6.45) is 0. The Balaban J connectivity index is 3.05. The maximum atomic E-state index is 12.2. The van der Waals surface area contributed by atoms with Crippen molar-refractivity contribution in [2.75, 3.05) is 20.2 Å². The quantitative estimate of drug-likeness (QED) is 0.544. The molecule has 0 spiro atoms. The largest absolute Gasteiger partial charge is 0.497 e. The summed E-state index contributed by atoms with van der Waals surface area (Å²) in [4.78, 5) is 9.90. The fourth-order valence-corrected chi connectivity index (χ4v) is 3.01. The van der Waals surface area contributed by atoms with E-state index in [2.05, 4.69) is 10.0 Å². The Labute approximate surface area is 123 Å². The molecule has 1 aromatic rings. The van der Waals surface area contributed by atoms with E-state index in [-0.39, 0.29) is 23.2 Å². The number of hydrogen-bond donors (Lipinski definition) is 2. The van der Waals surface area contributed by atoms with Gasteiger partial charge in [-0.25, -0.2) is 13.1 Å². The molecule has 0 bridgehead atoms. The number of nitro groups is 1. The van der Waals surface area contributed by atoms with Crippen LogP contribution in [0, 0.1) is 10.1 Å². The van der Waals surface area contributed by atoms with Gasteiger partial charge in [-0.05, 0) is 25.6 Å². The fourth-order valence-electron chi connectivity index (χ4n) is 1.73. The molecule has 0 aromatic heterocycles. The molecule has 0 fully saturated rings. The minimum Gasteiger partial charge on any atom is -0.497 e. The molecule has 0 saturated heterocycles. The zero-order valence-electron chi connectivity index (χ0n) is 12.1. The van der Waals surface area contributed by atoms with Crippen molar-refractivity contribution in [3.8, 4) is 5.75 Å². The average molecular weight is 317 g/mol. The number of methoxy groups -OCH3 is 1. The normalized spacial score (nSPS) is 12.9. The van der Waals surface area contributed by atoms with Crippen molar-refractivity contribution >= 4 is 15.7 Å². The zero-order chi connectivity index (χ0) is 16.0. The third-order valence-electron chi connectivity index (χ3n) is 2.78. The summed E-state index contributed by atoms with van der Waals surface area (Å²) in [6, 6.07) is 3.54. The van der Waals surface area contributed by atoms with E-state index in [0.717, 1.165) is 12.1 Å². The van der Waals surface area contributed by atoms with Gasteiger partial charge in [0.1, 0.15) is 5.75 Å². The van der Waals surface area contributed by atoms with Crippen molar-refractivity contribution in [2.45, 2.75) is 24.8 Å². The van der Waals surface area contributed by atoms with Crippen molar-refractivity contribution in [3.05, 3.63) is 28.3 Å². The highest BCUT2D eigenvalue weighted by molar-refractivity contribution is 7.89. The predicted molar refractivity (Wildman–Crippen MR) is 78.0 cm³/mol. The van der Waals surface area contributed by atoms with Crippen LogP contribution in [0.1, 0.15) is 13.8 Å². The smallest absolute Gasteiger partial charge is 0.293 e. The van der Waals surface area contributed by atoms with Crippen LogP contribution in [0.2, 0.25) is 0 Å². The lowest BCUT2D eigenvalue weighted by molar-refractivity contribution is -0.387. The summed E-state index contributed by atoms with van der Waals surface area (Å²) in [7, 11) is -2.61. The molecule has 0 amide bonds. The van der Waals surface area contributed by atoms with E-state index in [9.17, 15) is 18.5 Å². The fraction of sp³-hybridized carbons (Fsp3) is 0.500. The molecule has 118 valence electrons. The van der Waals surface area contributed by atoms with Crippen molar-refractivity contribution in [3.63, 3.8) is 0 Å². The Kier molecular flexibility index (Phi) is 6.06. The molecular weight excluding hydrogens is 298 g/mol. The topological polar surface area (TPSA) is 111 Å². The SMILES string of the molecule is CCN[C@H](C)CNS(=O)(=O)c1ccc(OC)cc1[N+](=O)[O-]. The molecule has 9 heteroatoms. The van der Waals surface area contributed by atoms with Crippen molar-refractivity contribution in [1.82, 2.24) is 10.0 Å². The zero-order valence-corrected chi connectivity index (χ0v) is 12.9. The second kappa shape index (κ2) is 7.34. The minimum atomic E-state index is -3.96. The number of nitro benzene ring substituents is 1. The van der Waals surface area contributed by atoms with Crippen LogP contribution in [0.25, 0.3) is 0 Å². The van der Waals surface area contributed by atoms with E-state index in [4.69, 9.17) is 4.74 Å². The van der Waals surface area contributed by atoms with E-state index in [0.29, 0.717) is 6.54 Å². The standard InChI is InChI=1S/C12H19N3O5S/c1-4-13-9(2)8-14-21(18,19)12-6-5-10(20-3)7-11(12)15(16)17/h5-7,9,13-14H,4,8H2,1-3H3/t9-/m1/s1. The highest BCUT2D eigenvalue weighted by atomic mass is 32.2. The minimum absolute atomic E-state index is 0.0814. The summed E-state index contributed by atoms with van der Waals surface area (Å²) in [6.45, 7) is 4.55. The average Bonchev–Trinajstić information content (AvgIpc) is 2.45. The van der Waals surface area contributed by atoms with Gasteiger partial charge in [-0.2, -0.15) is 0 Å². The Morgan fingerprint density at radius 2 is 2.10 bits per heavy atom. The lowest BCUT2D eigenvalue weighted by Crippen LogP contribution is -2.38. The van der Waals surface area contributed by atoms with Gasteiger partial charge in [0.25, 0.3) is 5.69 Å². The predicted octanol–water partition coefficient (Wildman–Crippen LogP) is 0.880. The number of rotatable bonds is 8.